The Hall–Kier alpha value is -2.22. The Labute approximate surface area is 144 Å². The number of aryl methyl sites for hydroxylation is 1. The third kappa shape index (κ3) is 3.81. The van der Waals surface area contributed by atoms with E-state index in [2.05, 4.69) is 9.97 Å². The number of rotatable bonds is 8. The fourth-order valence-electron chi connectivity index (χ4n) is 2.45. The van der Waals surface area contributed by atoms with E-state index in [0.717, 1.165) is 17.4 Å². The summed E-state index contributed by atoms with van der Waals surface area (Å²) in [7, 11) is 0. The van der Waals surface area contributed by atoms with E-state index in [-0.39, 0.29) is 18.9 Å². The fraction of sp³-hybridized carbons (Fsp3) is 0.500. The summed E-state index contributed by atoms with van der Waals surface area (Å²) in [5, 5.41) is 9.63. The van der Waals surface area contributed by atoms with Crippen molar-refractivity contribution < 1.29 is 19.4 Å². The Kier molecular flexibility index (Phi) is 6.08. The van der Waals surface area contributed by atoms with Gasteiger partial charge in [0.2, 0.25) is 5.88 Å². The first-order chi connectivity index (χ1) is 11.5. The van der Waals surface area contributed by atoms with Crippen LogP contribution in [0, 0.1) is 6.92 Å². The molecule has 8 heteroatoms. The van der Waals surface area contributed by atoms with Gasteiger partial charge in [-0.1, -0.05) is 6.92 Å². The third-order valence-corrected chi connectivity index (χ3v) is 4.73. The molecule has 130 valence electrons. The average Bonchev–Trinajstić information content (AvgIpc) is 2.89. The van der Waals surface area contributed by atoms with Crippen LogP contribution in [-0.2, 0) is 4.79 Å². The van der Waals surface area contributed by atoms with Crippen LogP contribution >= 0.6 is 11.3 Å². The molecule has 0 spiro atoms. The van der Waals surface area contributed by atoms with Crippen LogP contribution in [0.2, 0.25) is 0 Å². The van der Waals surface area contributed by atoms with Crippen LogP contribution in [0.4, 0.5) is 0 Å². The van der Waals surface area contributed by atoms with Crippen molar-refractivity contribution in [1.29, 1.82) is 0 Å². The van der Waals surface area contributed by atoms with Gasteiger partial charge >= 0.3 is 5.97 Å². The van der Waals surface area contributed by atoms with Gasteiger partial charge in [-0.15, -0.1) is 11.3 Å². The lowest BCUT2D eigenvalue weighted by molar-refractivity contribution is -0.137. The van der Waals surface area contributed by atoms with Crippen molar-refractivity contribution >= 4 is 33.4 Å². The molecule has 2 aromatic rings. The lowest BCUT2D eigenvalue weighted by Crippen LogP contribution is -2.33. The molecule has 7 nitrogen and oxygen atoms in total. The Morgan fingerprint density at radius 1 is 1.29 bits per heavy atom. The fourth-order valence-corrected chi connectivity index (χ4v) is 3.56. The Morgan fingerprint density at radius 2 is 2.04 bits per heavy atom. The van der Waals surface area contributed by atoms with Gasteiger partial charge in [0, 0.05) is 13.1 Å². The lowest BCUT2D eigenvalue weighted by Gasteiger charge is -2.21. The number of nitrogens with zero attached hydrogens (tertiary/aromatic N) is 3. The predicted octanol–water partition coefficient (Wildman–Crippen LogP) is 2.73. The Balaban J connectivity index is 2.38. The molecule has 0 aliphatic heterocycles. The van der Waals surface area contributed by atoms with Gasteiger partial charge < -0.3 is 14.7 Å². The highest BCUT2D eigenvalue weighted by Crippen LogP contribution is 2.35. The molecule has 0 saturated heterocycles. The first-order valence-electron chi connectivity index (χ1n) is 7.87. The number of carbonyl (C=O) groups is 2. The SMILES string of the molecule is CCCN(CCC(=O)O)C(=O)c1sc2ncnc(OCC)c2c1C. The summed E-state index contributed by atoms with van der Waals surface area (Å²) in [6.45, 7) is 6.86. The molecule has 0 aliphatic rings. The van der Waals surface area contributed by atoms with Crippen molar-refractivity contribution in [2.45, 2.75) is 33.6 Å². The van der Waals surface area contributed by atoms with Crippen LogP contribution in [0.3, 0.4) is 0 Å². The van der Waals surface area contributed by atoms with E-state index in [1.54, 1.807) is 4.90 Å². The summed E-state index contributed by atoms with van der Waals surface area (Å²) < 4.78 is 5.53. The second kappa shape index (κ2) is 8.05. The van der Waals surface area contributed by atoms with Crippen LogP contribution in [-0.4, -0.2) is 51.5 Å². The van der Waals surface area contributed by atoms with Gasteiger partial charge in [0.15, 0.2) is 0 Å². The number of thiophene rings is 1. The molecule has 24 heavy (non-hydrogen) atoms. The molecule has 0 bridgehead atoms. The second-order valence-corrected chi connectivity index (χ2v) is 6.28. The van der Waals surface area contributed by atoms with E-state index in [1.807, 2.05) is 20.8 Å². The van der Waals surface area contributed by atoms with E-state index in [4.69, 9.17) is 9.84 Å². The number of amides is 1. The molecule has 2 aromatic heterocycles. The molecular formula is C16H21N3O4S. The van der Waals surface area contributed by atoms with Crippen molar-refractivity contribution in [2.75, 3.05) is 19.7 Å². The zero-order valence-electron chi connectivity index (χ0n) is 14.0. The number of aromatic nitrogens is 2. The first-order valence-corrected chi connectivity index (χ1v) is 8.69. The minimum absolute atomic E-state index is 0.0698. The molecule has 2 rings (SSSR count). The minimum Gasteiger partial charge on any atom is -0.481 e. The van der Waals surface area contributed by atoms with Crippen molar-refractivity contribution in [3.8, 4) is 5.88 Å². The highest BCUT2D eigenvalue weighted by molar-refractivity contribution is 7.20. The van der Waals surface area contributed by atoms with E-state index in [1.165, 1.54) is 17.7 Å². The van der Waals surface area contributed by atoms with Crippen molar-refractivity contribution in [3.05, 3.63) is 16.8 Å². The summed E-state index contributed by atoms with van der Waals surface area (Å²) in [6, 6.07) is 0. The molecule has 0 fully saturated rings. The number of carbonyl (C=O) groups excluding carboxylic acids is 1. The lowest BCUT2D eigenvalue weighted by atomic mass is 10.2. The first kappa shape index (κ1) is 18.1. The van der Waals surface area contributed by atoms with E-state index >= 15 is 0 Å². The monoisotopic (exact) mass is 351 g/mol. The molecule has 1 amide bonds. The standard InChI is InChI=1S/C16H21N3O4S/c1-4-7-19(8-6-11(20)21)16(22)13-10(3)12-14(23-5-2)17-9-18-15(12)24-13/h9H,4-8H2,1-3H3,(H,20,21). The Bertz CT molecular complexity index is 744. The molecule has 0 atom stereocenters. The van der Waals surface area contributed by atoms with Gasteiger partial charge in [-0.3, -0.25) is 9.59 Å². The zero-order valence-corrected chi connectivity index (χ0v) is 14.9. The zero-order chi connectivity index (χ0) is 17.7. The maximum Gasteiger partial charge on any atom is 0.305 e. The summed E-state index contributed by atoms with van der Waals surface area (Å²) in [6.07, 6.45) is 2.12. The summed E-state index contributed by atoms with van der Waals surface area (Å²) >= 11 is 1.29. The summed E-state index contributed by atoms with van der Waals surface area (Å²) in [5.74, 6) is -0.606. The van der Waals surface area contributed by atoms with Crippen molar-refractivity contribution in [3.63, 3.8) is 0 Å². The number of ether oxygens (including phenoxy) is 1. The Morgan fingerprint density at radius 3 is 2.67 bits per heavy atom. The van der Waals surface area contributed by atoms with Crippen LogP contribution in [0.15, 0.2) is 6.33 Å². The number of hydrogen-bond donors (Lipinski definition) is 1. The molecule has 0 unspecified atom stereocenters. The second-order valence-electron chi connectivity index (χ2n) is 5.28. The van der Waals surface area contributed by atoms with E-state index in [0.29, 0.717) is 28.7 Å². The smallest absolute Gasteiger partial charge is 0.305 e. The van der Waals surface area contributed by atoms with Gasteiger partial charge in [0.25, 0.3) is 5.91 Å². The number of aliphatic carboxylic acids is 1. The molecule has 0 aromatic carbocycles. The number of fused-ring (bicyclic) bond motifs is 1. The van der Waals surface area contributed by atoms with E-state index < -0.39 is 5.97 Å². The molecule has 2 heterocycles. The number of hydrogen-bond acceptors (Lipinski definition) is 6. The van der Waals surface area contributed by atoms with E-state index in [9.17, 15) is 9.59 Å². The highest BCUT2D eigenvalue weighted by atomic mass is 32.1. The van der Waals surface area contributed by atoms with Gasteiger partial charge in [0.05, 0.1) is 23.3 Å². The van der Waals surface area contributed by atoms with Crippen LogP contribution in [0.25, 0.3) is 10.2 Å². The molecule has 0 radical (unpaired) electrons. The average molecular weight is 351 g/mol. The molecule has 0 aliphatic carbocycles. The number of carboxylic acids is 1. The topological polar surface area (TPSA) is 92.6 Å². The highest BCUT2D eigenvalue weighted by Gasteiger charge is 2.24. The minimum atomic E-state index is -0.915. The molecule has 1 N–H and O–H groups in total. The molecular weight excluding hydrogens is 330 g/mol. The maximum atomic E-state index is 12.9. The van der Waals surface area contributed by atoms with Crippen LogP contribution in [0.5, 0.6) is 5.88 Å². The van der Waals surface area contributed by atoms with Gasteiger partial charge in [-0.05, 0) is 25.8 Å². The van der Waals surface area contributed by atoms with Crippen LogP contribution < -0.4 is 4.74 Å². The van der Waals surface area contributed by atoms with Crippen LogP contribution in [0.1, 0.15) is 41.9 Å². The predicted molar refractivity (Wildman–Crippen MR) is 91.8 cm³/mol. The summed E-state index contributed by atoms with van der Waals surface area (Å²) in [4.78, 5) is 34.9. The largest absolute Gasteiger partial charge is 0.481 e. The normalized spacial score (nSPS) is 10.8. The summed E-state index contributed by atoms with van der Waals surface area (Å²) in [5.41, 5.74) is 0.778. The number of carboxylic acid groups (broad SMARTS) is 1. The van der Waals surface area contributed by atoms with Gasteiger partial charge in [-0.2, -0.15) is 0 Å². The van der Waals surface area contributed by atoms with Crippen molar-refractivity contribution in [1.82, 2.24) is 14.9 Å². The van der Waals surface area contributed by atoms with Gasteiger partial charge in [-0.25, -0.2) is 9.97 Å². The molecule has 0 saturated carbocycles. The maximum absolute atomic E-state index is 12.9. The third-order valence-electron chi connectivity index (χ3n) is 3.54. The quantitative estimate of drug-likeness (QED) is 0.786. The van der Waals surface area contributed by atoms with Crippen molar-refractivity contribution in [2.24, 2.45) is 0 Å². The van der Waals surface area contributed by atoms with Gasteiger partial charge in [0.1, 0.15) is 11.2 Å².